The molecule has 0 aliphatic carbocycles. The predicted molar refractivity (Wildman–Crippen MR) is 102 cm³/mol. The Labute approximate surface area is 163 Å². The summed E-state index contributed by atoms with van der Waals surface area (Å²) in [6.07, 6.45) is 1.21. The standard InChI is InChI=1S/C20H11N3O6/c21-12-15(20(24)14-4-2-6-17(10-14)23(27)28)11-18-7-8-19(29-18)13-3-1-5-16(9-13)22(25)26/h1-11H/b15-11+. The number of non-ortho nitro benzene ring substituents is 2. The summed E-state index contributed by atoms with van der Waals surface area (Å²) in [6.45, 7) is 0. The zero-order valence-electron chi connectivity index (χ0n) is 14.6. The molecule has 142 valence electrons. The number of hydrogen-bond acceptors (Lipinski definition) is 7. The van der Waals surface area contributed by atoms with Crippen molar-refractivity contribution in [2.75, 3.05) is 0 Å². The highest BCUT2D eigenvalue weighted by Gasteiger charge is 2.17. The normalized spacial score (nSPS) is 10.9. The van der Waals surface area contributed by atoms with Crippen LogP contribution in [0.25, 0.3) is 17.4 Å². The van der Waals surface area contributed by atoms with Gasteiger partial charge in [-0.2, -0.15) is 5.26 Å². The first-order valence-corrected chi connectivity index (χ1v) is 8.14. The molecule has 0 saturated heterocycles. The molecule has 9 heteroatoms. The average Bonchev–Trinajstić information content (AvgIpc) is 3.20. The first-order chi connectivity index (χ1) is 13.9. The van der Waals surface area contributed by atoms with E-state index in [0.717, 1.165) is 6.07 Å². The van der Waals surface area contributed by atoms with Gasteiger partial charge in [-0.25, -0.2) is 0 Å². The molecule has 0 saturated carbocycles. The maximum absolute atomic E-state index is 12.5. The number of nitro groups is 2. The number of hydrogen-bond donors (Lipinski definition) is 0. The second kappa shape index (κ2) is 7.98. The Morgan fingerprint density at radius 1 is 0.966 bits per heavy atom. The lowest BCUT2D eigenvalue weighted by Gasteiger charge is -2.00. The van der Waals surface area contributed by atoms with Gasteiger partial charge >= 0.3 is 0 Å². The van der Waals surface area contributed by atoms with E-state index in [9.17, 15) is 30.3 Å². The number of ketones is 1. The van der Waals surface area contributed by atoms with Crippen molar-refractivity contribution in [3.63, 3.8) is 0 Å². The summed E-state index contributed by atoms with van der Waals surface area (Å²) in [7, 11) is 0. The molecule has 0 aliphatic heterocycles. The topological polar surface area (TPSA) is 140 Å². The summed E-state index contributed by atoms with van der Waals surface area (Å²) in [6, 6.07) is 15.7. The number of furan rings is 1. The molecule has 0 atom stereocenters. The molecule has 0 aliphatic rings. The number of nitro benzene ring substituents is 2. The van der Waals surface area contributed by atoms with Crippen LogP contribution in [-0.4, -0.2) is 15.6 Å². The molecule has 9 nitrogen and oxygen atoms in total. The van der Waals surface area contributed by atoms with Crippen LogP contribution >= 0.6 is 0 Å². The molecule has 3 aromatic rings. The molecule has 0 N–H and O–H groups in total. The number of carbonyl (C=O) groups excluding carboxylic acids is 1. The highest BCUT2D eigenvalue weighted by Crippen LogP contribution is 2.27. The summed E-state index contributed by atoms with van der Waals surface area (Å²) in [5.74, 6) is -0.189. The molecule has 2 aromatic carbocycles. The minimum Gasteiger partial charge on any atom is -0.457 e. The fourth-order valence-corrected chi connectivity index (χ4v) is 2.57. The number of nitrogens with zero attached hydrogens (tertiary/aromatic N) is 3. The lowest BCUT2D eigenvalue weighted by molar-refractivity contribution is -0.385. The van der Waals surface area contributed by atoms with E-state index in [4.69, 9.17) is 4.42 Å². The number of nitriles is 1. The Morgan fingerprint density at radius 2 is 1.62 bits per heavy atom. The Kier molecular flexibility index (Phi) is 5.28. The highest BCUT2D eigenvalue weighted by atomic mass is 16.6. The minimum absolute atomic E-state index is 0.00235. The number of Topliss-reactive ketones (excluding diaryl/α,β-unsaturated/α-hetero) is 1. The number of rotatable bonds is 6. The quantitative estimate of drug-likeness (QED) is 0.198. The fraction of sp³-hybridized carbons (Fsp3) is 0. The van der Waals surface area contributed by atoms with Gasteiger partial charge in [-0.05, 0) is 12.1 Å². The van der Waals surface area contributed by atoms with Crippen molar-refractivity contribution in [1.82, 2.24) is 0 Å². The van der Waals surface area contributed by atoms with E-state index >= 15 is 0 Å². The first-order valence-electron chi connectivity index (χ1n) is 8.14. The van der Waals surface area contributed by atoms with Crippen LogP contribution in [0.1, 0.15) is 16.1 Å². The fourth-order valence-electron chi connectivity index (χ4n) is 2.57. The Balaban J connectivity index is 1.91. The molecule has 1 heterocycles. The van der Waals surface area contributed by atoms with Crippen LogP contribution in [0.15, 0.2) is 70.7 Å². The Morgan fingerprint density at radius 3 is 2.28 bits per heavy atom. The van der Waals surface area contributed by atoms with Crippen molar-refractivity contribution in [3.05, 3.63) is 97.8 Å². The van der Waals surface area contributed by atoms with Crippen LogP contribution in [0.5, 0.6) is 0 Å². The molecule has 0 spiro atoms. The van der Waals surface area contributed by atoms with E-state index in [2.05, 4.69) is 0 Å². The highest BCUT2D eigenvalue weighted by molar-refractivity contribution is 6.14. The van der Waals surface area contributed by atoms with Crippen LogP contribution in [0.3, 0.4) is 0 Å². The zero-order chi connectivity index (χ0) is 21.0. The van der Waals surface area contributed by atoms with Gasteiger partial charge in [-0.3, -0.25) is 25.0 Å². The molecule has 0 unspecified atom stereocenters. The van der Waals surface area contributed by atoms with E-state index in [1.165, 1.54) is 48.5 Å². The maximum atomic E-state index is 12.5. The number of benzene rings is 2. The smallest absolute Gasteiger partial charge is 0.270 e. The average molecular weight is 389 g/mol. The zero-order valence-corrected chi connectivity index (χ0v) is 14.6. The van der Waals surface area contributed by atoms with Gasteiger partial charge in [0.25, 0.3) is 11.4 Å². The minimum atomic E-state index is -0.690. The molecule has 3 rings (SSSR count). The third-order valence-electron chi connectivity index (χ3n) is 3.94. The van der Waals surface area contributed by atoms with Gasteiger partial charge in [-0.1, -0.05) is 24.3 Å². The van der Waals surface area contributed by atoms with Crippen LogP contribution < -0.4 is 0 Å². The molecule has 0 fully saturated rings. The van der Waals surface area contributed by atoms with Gasteiger partial charge in [0.05, 0.1) is 9.85 Å². The van der Waals surface area contributed by atoms with Gasteiger partial charge < -0.3 is 4.42 Å². The summed E-state index contributed by atoms with van der Waals surface area (Å²) in [4.78, 5) is 33.1. The summed E-state index contributed by atoms with van der Waals surface area (Å²) < 4.78 is 5.57. The van der Waals surface area contributed by atoms with Crippen LogP contribution in [0, 0.1) is 31.6 Å². The summed E-state index contributed by atoms with van der Waals surface area (Å²) >= 11 is 0. The van der Waals surface area contributed by atoms with E-state index < -0.39 is 15.6 Å². The van der Waals surface area contributed by atoms with E-state index in [0.29, 0.717) is 11.3 Å². The molecule has 1 aromatic heterocycles. The van der Waals surface area contributed by atoms with Gasteiger partial charge in [0.15, 0.2) is 0 Å². The SMILES string of the molecule is N#C/C(=C\c1ccc(-c2cccc([N+](=O)[O-])c2)o1)C(=O)c1cccc([N+](=O)[O-])c1. The lowest BCUT2D eigenvalue weighted by Crippen LogP contribution is -2.02. The van der Waals surface area contributed by atoms with Crippen molar-refractivity contribution in [2.24, 2.45) is 0 Å². The van der Waals surface area contributed by atoms with Crippen molar-refractivity contribution in [2.45, 2.75) is 0 Å². The molecular weight excluding hydrogens is 378 g/mol. The van der Waals surface area contributed by atoms with Crippen LogP contribution in [0.4, 0.5) is 11.4 Å². The molecule has 0 radical (unpaired) electrons. The van der Waals surface area contributed by atoms with E-state index in [1.807, 2.05) is 0 Å². The van der Waals surface area contributed by atoms with Crippen molar-refractivity contribution in [1.29, 1.82) is 5.26 Å². The maximum Gasteiger partial charge on any atom is 0.270 e. The van der Waals surface area contributed by atoms with Crippen molar-refractivity contribution in [3.8, 4) is 17.4 Å². The molecule has 29 heavy (non-hydrogen) atoms. The van der Waals surface area contributed by atoms with Crippen molar-refractivity contribution < 1.29 is 19.1 Å². The van der Waals surface area contributed by atoms with Crippen LogP contribution in [0.2, 0.25) is 0 Å². The predicted octanol–water partition coefficient (Wildman–Crippen LogP) is 4.55. The lowest BCUT2D eigenvalue weighted by atomic mass is 10.0. The first kappa shape index (κ1) is 19.2. The number of carbonyl (C=O) groups is 1. The van der Waals surface area contributed by atoms with E-state index in [1.54, 1.807) is 18.2 Å². The second-order valence-corrected chi connectivity index (χ2v) is 5.82. The monoisotopic (exact) mass is 389 g/mol. The van der Waals surface area contributed by atoms with Gasteiger partial charge in [0.2, 0.25) is 5.78 Å². The van der Waals surface area contributed by atoms with E-state index in [-0.39, 0.29) is 28.3 Å². The molecule has 0 amide bonds. The summed E-state index contributed by atoms with van der Waals surface area (Å²) in [5.41, 5.74) is -0.182. The molecule has 0 bridgehead atoms. The Hall–Kier alpha value is -4.58. The second-order valence-electron chi connectivity index (χ2n) is 5.82. The number of allylic oxidation sites excluding steroid dienone is 1. The third-order valence-corrected chi connectivity index (χ3v) is 3.94. The van der Waals surface area contributed by atoms with Gasteiger partial charge in [0.1, 0.15) is 23.2 Å². The third kappa shape index (κ3) is 4.23. The van der Waals surface area contributed by atoms with Gasteiger partial charge in [-0.15, -0.1) is 0 Å². The largest absolute Gasteiger partial charge is 0.457 e. The van der Waals surface area contributed by atoms with Gasteiger partial charge in [0, 0.05) is 41.5 Å². The molecular formula is C20H11N3O6. The summed E-state index contributed by atoms with van der Waals surface area (Å²) in [5, 5.41) is 31.1. The Bertz CT molecular complexity index is 1200. The van der Waals surface area contributed by atoms with Crippen LogP contribution in [-0.2, 0) is 0 Å². The van der Waals surface area contributed by atoms with Crippen molar-refractivity contribution >= 4 is 23.2 Å².